The van der Waals surface area contributed by atoms with Gasteiger partial charge in [-0.05, 0) is 0 Å². The van der Waals surface area contributed by atoms with Crippen LogP contribution >= 0.6 is 0 Å². The first-order valence-electron chi connectivity index (χ1n) is 7.65. The second-order valence-corrected chi connectivity index (χ2v) is 8.95. The summed E-state index contributed by atoms with van der Waals surface area (Å²) in [5, 5.41) is 0. The van der Waals surface area contributed by atoms with E-state index in [2.05, 4.69) is 0 Å². The first-order chi connectivity index (χ1) is 8.78. The molecule has 102 valence electrons. The Balaban J connectivity index is 1.29. The van der Waals surface area contributed by atoms with Gasteiger partial charge in [-0.15, -0.1) is 0 Å². The maximum atomic E-state index is 12.1. The first kappa shape index (κ1) is 12.1. The van der Waals surface area contributed by atoms with E-state index in [1.807, 2.05) is 0 Å². The summed E-state index contributed by atoms with van der Waals surface area (Å²) >= 11 is -2.90. The molecule has 4 bridgehead atoms. The summed E-state index contributed by atoms with van der Waals surface area (Å²) in [5.74, 6) is 3.09. The van der Waals surface area contributed by atoms with E-state index in [0.29, 0.717) is 11.8 Å². The Morgan fingerprint density at radius 2 is 1.22 bits per heavy atom. The van der Waals surface area contributed by atoms with Crippen LogP contribution in [0.15, 0.2) is 0 Å². The van der Waals surface area contributed by atoms with Crippen molar-refractivity contribution in [2.24, 2.45) is 23.7 Å². The van der Waals surface area contributed by atoms with Crippen LogP contribution in [0.2, 0.25) is 0 Å². The van der Waals surface area contributed by atoms with Crippen molar-refractivity contribution in [3.8, 4) is 0 Å². The molecule has 6 unspecified atom stereocenters. The molecule has 4 fully saturated rings. The van der Waals surface area contributed by atoms with Gasteiger partial charge < -0.3 is 0 Å². The maximum absolute atomic E-state index is 12.1. The molecule has 3 nitrogen and oxygen atoms in total. The van der Waals surface area contributed by atoms with E-state index >= 15 is 0 Å². The van der Waals surface area contributed by atoms with Crippen LogP contribution in [0, 0.1) is 23.7 Å². The van der Waals surface area contributed by atoms with Gasteiger partial charge in [0.1, 0.15) is 0 Å². The fraction of sp³-hybridized carbons (Fsp3) is 1.00. The second-order valence-electron chi connectivity index (χ2n) is 6.91. The number of hydrogen-bond acceptors (Lipinski definition) is 3. The zero-order valence-electron chi connectivity index (χ0n) is 10.8. The van der Waals surface area contributed by atoms with Crippen molar-refractivity contribution < 1.29 is 11.2 Å². The Hall–Kier alpha value is 0.278. The molecular weight excluding hydrogens is 291 g/mol. The molecule has 0 spiro atoms. The van der Waals surface area contributed by atoms with Gasteiger partial charge in [0, 0.05) is 0 Å². The van der Waals surface area contributed by atoms with Crippen LogP contribution in [0.5, 0.6) is 0 Å². The monoisotopic (exact) mass is 314 g/mol. The normalized spacial score (nSPS) is 51.1. The minimum atomic E-state index is -2.90. The Labute approximate surface area is 114 Å². The van der Waals surface area contributed by atoms with E-state index < -0.39 is 15.3 Å². The van der Waals surface area contributed by atoms with E-state index in [-0.39, 0.29) is 12.2 Å². The van der Waals surface area contributed by atoms with E-state index in [9.17, 15) is 3.74 Å². The third kappa shape index (κ3) is 2.13. The molecule has 4 saturated carbocycles. The van der Waals surface area contributed by atoms with Gasteiger partial charge in [-0.1, -0.05) is 0 Å². The van der Waals surface area contributed by atoms with E-state index in [4.69, 9.17) is 7.45 Å². The van der Waals surface area contributed by atoms with Gasteiger partial charge in [0.25, 0.3) is 0 Å². The molecule has 0 aromatic rings. The predicted octanol–water partition coefficient (Wildman–Crippen LogP) is 2.54. The van der Waals surface area contributed by atoms with Crippen molar-refractivity contribution in [2.45, 2.75) is 63.6 Å². The second kappa shape index (κ2) is 4.68. The average Bonchev–Trinajstić information content (AvgIpc) is 3.08. The number of rotatable bonds is 4. The summed E-state index contributed by atoms with van der Waals surface area (Å²) in [5.41, 5.74) is 0. The Bertz CT molecular complexity index is 327. The summed E-state index contributed by atoms with van der Waals surface area (Å²) in [6, 6.07) is 0. The molecule has 0 aromatic carbocycles. The first-order valence-corrected chi connectivity index (χ1v) is 10.2. The van der Waals surface area contributed by atoms with Crippen molar-refractivity contribution in [1.82, 2.24) is 0 Å². The van der Waals surface area contributed by atoms with Crippen molar-refractivity contribution in [1.29, 1.82) is 0 Å². The summed E-state index contributed by atoms with van der Waals surface area (Å²) in [6.45, 7) is 0. The molecule has 0 saturated heterocycles. The molecule has 4 aliphatic rings. The van der Waals surface area contributed by atoms with Gasteiger partial charge in [0.05, 0.1) is 0 Å². The topological polar surface area (TPSA) is 35.5 Å². The quantitative estimate of drug-likeness (QED) is 0.748. The van der Waals surface area contributed by atoms with E-state index in [0.717, 1.165) is 24.7 Å². The predicted molar refractivity (Wildman–Crippen MR) is 68.5 cm³/mol. The Morgan fingerprint density at radius 1 is 0.722 bits per heavy atom. The fourth-order valence-electron chi connectivity index (χ4n) is 4.94. The van der Waals surface area contributed by atoms with Crippen molar-refractivity contribution in [3.63, 3.8) is 0 Å². The molecule has 6 atom stereocenters. The van der Waals surface area contributed by atoms with Crippen LogP contribution in [0.3, 0.4) is 0 Å². The number of fused-ring (bicyclic) bond motifs is 4. The van der Waals surface area contributed by atoms with Crippen LogP contribution in [0.4, 0.5) is 0 Å². The molecule has 4 heteroatoms. The molecule has 0 N–H and O–H groups in total. The van der Waals surface area contributed by atoms with Crippen molar-refractivity contribution in [3.05, 3.63) is 0 Å². The number of hydrogen-bond donors (Lipinski definition) is 0. The van der Waals surface area contributed by atoms with E-state index in [1.165, 1.54) is 38.5 Å². The van der Waals surface area contributed by atoms with Crippen LogP contribution in [-0.4, -0.2) is 27.5 Å². The minimum absolute atomic E-state index is 0.273. The third-order valence-corrected chi connectivity index (χ3v) is 7.92. The van der Waals surface area contributed by atoms with Crippen LogP contribution < -0.4 is 0 Å². The Kier molecular flexibility index (Phi) is 3.13. The summed E-state index contributed by atoms with van der Waals surface area (Å²) in [4.78, 5) is 0. The standard InChI is InChI=1S/C14H23AsO3/c16-15(17-13-7-9-1-3-11(13)5-9)18-14-8-10-2-4-12(14)6-10/h9-15H,1-8H2. The zero-order valence-corrected chi connectivity index (χ0v) is 12.9. The molecule has 18 heavy (non-hydrogen) atoms. The molecule has 0 heterocycles. The molecule has 0 amide bonds. The summed E-state index contributed by atoms with van der Waals surface area (Å²) < 4.78 is 23.7. The Morgan fingerprint density at radius 3 is 1.56 bits per heavy atom. The third-order valence-electron chi connectivity index (χ3n) is 5.84. The SMILES string of the molecule is O=[AsH](OC1CC2CCC1C2)OC1CC2CCC1C2. The van der Waals surface area contributed by atoms with Gasteiger partial charge >= 0.3 is 114 Å². The zero-order chi connectivity index (χ0) is 12.1. The fourth-order valence-corrected chi connectivity index (χ4v) is 7.30. The average molecular weight is 314 g/mol. The van der Waals surface area contributed by atoms with E-state index in [1.54, 1.807) is 0 Å². The van der Waals surface area contributed by atoms with Gasteiger partial charge in [-0.3, -0.25) is 0 Å². The van der Waals surface area contributed by atoms with Gasteiger partial charge in [0.15, 0.2) is 0 Å². The van der Waals surface area contributed by atoms with Crippen molar-refractivity contribution in [2.75, 3.05) is 0 Å². The molecular formula is C14H23AsO3. The summed E-state index contributed by atoms with van der Waals surface area (Å²) in [6.07, 6.45) is 10.8. The van der Waals surface area contributed by atoms with Crippen LogP contribution in [-0.2, 0) is 11.2 Å². The molecule has 4 rings (SSSR count). The molecule has 0 aliphatic heterocycles. The molecule has 4 aliphatic carbocycles. The van der Waals surface area contributed by atoms with Gasteiger partial charge in [0.2, 0.25) is 0 Å². The van der Waals surface area contributed by atoms with Gasteiger partial charge in [-0.25, -0.2) is 0 Å². The van der Waals surface area contributed by atoms with Crippen molar-refractivity contribution >= 4 is 15.3 Å². The van der Waals surface area contributed by atoms with Crippen LogP contribution in [0.1, 0.15) is 51.4 Å². The summed E-state index contributed by atoms with van der Waals surface area (Å²) in [7, 11) is 0. The van der Waals surface area contributed by atoms with Gasteiger partial charge in [-0.2, -0.15) is 0 Å². The molecule has 0 radical (unpaired) electrons. The van der Waals surface area contributed by atoms with Crippen LogP contribution in [0.25, 0.3) is 0 Å². The molecule has 0 aromatic heterocycles.